The van der Waals surface area contributed by atoms with Crippen LogP contribution in [0.3, 0.4) is 0 Å². The van der Waals surface area contributed by atoms with Crippen LogP contribution in [0, 0.1) is 6.92 Å². The Morgan fingerprint density at radius 1 is 1.25 bits per heavy atom. The summed E-state index contributed by atoms with van der Waals surface area (Å²) in [5.74, 6) is 0.706. The molecule has 1 aliphatic carbocycles. The molecule has 1 aromatic carbocycles. The Balaban J connectivity index is 1.36. The average Bonchev–Trinajstić information content (AvgIpc) is 3.43. The summed E-state index contributed by atoms with van der Waals surface area (Å²) in [5, 5.41) is 7.66. The van der Waals surface area contributed by atoms with Gasteiger partial charge in [0.25, 0.3) is 5.91 Å². The number of carbonyl (C=O) groups excluding carboxylic acids is 1. The zero-order valence-electron chi connectivity index (χ0n) is 16.1. The van der Waals surface area contributed by atoms with Gasteiger partial charge in [-0.25, -0.2) is 4.68 Å². The molecule has 0 saturated carbocycles. The second-order valence-corrected chi connectivity index (χ2v) is 7.07. The van der Waals surface area contributed by atoms with Gasteiger partial charge in [-0.3, -0.25) is 4.79 Å². The summed E-state index contributed by atoms with van der Waals surface area (Å²) in [6.45, 7) is 3.65. The molecule has 2 aromatic heterocycles. The number of amides is 1. The van der Waals surface area contributed by atoms with E-state index in [1.807, 2.05) is 28.9 Å². The molecule has 1 amide bonds. The van der Waals surface area contributed by atoms with Crippen molar-refractivity contribution in [2.24, 2.45) is 0 Å². The normalized spacial score (nSPS) is 12.9. The van der Waals surface area contributed by atoms with Gasteiger partial charge >= 0.3 is 0 Å². The third kappa shape index (κ3) is 3.87. The largest absolute Gasteiger partial charge is 0.467 e. The minimum absolute atomic E-state index is 0.100. The van der Waals surface area contributed by atoms with Gasteiger partial charge in [-0.05, 0) is 56.4 Å². The molecule has 4 rings (SSSR count). The van der Waals surface area contributed by atoms with E-state index in [1.165, 1.54) is 5.69 Å². The van der Waals surface area contributed by atoms with Crippen LogP contribution in [0.2, 0.25) is 0 Å². The molecular formula is C22H25N3O3. The minimum Gasteiger partial charge on any atom is -0.467 e. The fourth-order valence-electron chi connectivity index (χ4n) is 3.65. The Hall–Kier alpha value is -2.86. The zero-order valence-corrected chi connectivity index (χ0v) is 16.1. The minimum atomic E-state index is -0.100. The number of benzene rings is 1. The molecule has 0 fully saturated rings. The highest BCUT2D eigenvalue weighted by Crippen LogP contribution is 2.28. The lowest BCUT2D eigenvalue weighted by Gasteiger charge is -2.08. The summed E-state index contributed by atoms with van der Waals surface area (Å²) in [4.78, 5) is 12.7. The molecule has 6 nitrogen and oxygen atoms in total. The lowest BCUT2D eigenvalue weighted by Crippen LogP contribution is -2.26. The van der Waals surface area contributed by atoms with Crippen LogP contribution < -0.4 is 5.32 Å². The van der Waals surface area contributed by atoms with Crippen molar-refractivity contribution in [2.75, 3.05) is 13.2 Å². The van der Waals surface area contributed by atoms with E-state index in [2.05, 4.69) is 29.5 Å². The van der Waals surface area contributed by atoms with Crippen molar-refractivity contribution < 1.29 is 13.9 Å². The lowest BCUT2D eigenvalue weighted by molar-refractivity contribution is 0.0912. The number of para-hydroxylation sites is 1. The van der Waals surface area contributed by atoms with E-state index in [4.69, 9.17) is 9.15 Å². The van der Waals surface area contributed by atoms with Crippen LogP contribution >= 0.6 is 0 Å². The first-order valence-electron chi connectivity index (χ1n) is 9.79. The highest BCUT2D eigenvalue weighted by molar-refractivity contribution is 5.94. The quantitative estimate of drug-likeness (QED) is 0.607. The Labute approximate surface area is 164 Å². The molecule has 0 unspecified atom stereocenters. The first kappa shape index (κ1) is 18.5. The highest BCUT2D eigenvalue weighted by atomic mass is 16.5. The number of ether oxygens (including phenoxy) is 1. The third-order valence-corrected chi connectivity index (χ3v) is 5.06. The van der Waals surface area contributed by atoms with Gasteiger partial charge < -0.3 is 14.5 Å². The van der Waals surface area contributed by atoms with Crippen molar-refractivity contribution in [3.63, 3.8) is 0 Å². The van der Waals surface area contributed by atoms with Crippen LogP contribution in [0.25, 0.3) is 5.69 Å². The van der Waals surface area contributed by atoms with Crippen molar-refractivity contribution in [1.82, 2.24) is 15.1 Å². The summed E-state index contributed by atoms with van der Waals surface area (Å²) in [5.41, 5.74) is 5.02. The number of carbonyl (C=O) groups is 1. The average molecular weight is 379 g/mol. The summed E-state index contributed by atoms with van der Waals surface area (Å²) in [6, 6.07) is 11.9. The van der Waals surface area contributed by atoms with Crippen molar-refractivity contribution in [3.8, 4) is 5.69 Å². The summed E-state index contributed by atoms with van der Waals surface area (Å²) >= 11 is 0. The number of rotatable bonds is 8. The first-order chi connectivity index (χ1) is 13.7. The van der Waals surface area contributed by atoms with Crippen molar-refractivity contribution in [2.45, 2.75) is 39.2 Å². The number of hydrogen-bond donors (Lipinski definition) is 1. The van der Waals surface area contributed by atoms with Crippen LogP contribution in [-0.2, 0) is 24.2 Å². The van der Waals surface area contributed by atoms with Crippen LogP contribution in [0.5, 0.6) is 0 Å². The maximum atomic E-state index is 12.7. The zero-order chi connectivity index (χ0) is 19.3. The highest BCUT2D eigenvalue weighted by Gasteiger charge is 2.27. The summed E-state index contributed by atoms with van der Waals surface area (Å²) < 4.78 is 12.7. The first-order valence-corrected chi connectivity index (χ1v) is 9.79. The van der Waals surface area contributed by atoms with E-state index in [1.54, 1.807) is 6.26 Å². The molecule has 1 N–H and O–H groups in total. The summed E-state index contributed by atoms with van der Waals surface area (Å²) in [7, 11) is 0. The Kier molecular flexibility index (Phi) is 5.58. The van der Waals surface area contributed by atoms with Gasteiger partial charge in [-0.1, -0.05) is 18.2 Å². The topological polar surface area (TPSA) is 69.3 Å². The van der Waals surface area contributed by atoms with Crippen molar-refractivity contribution in [3.05, 3.63) is 70.9 Å². The van der Waals surface area contributed by atoms with Gasteiger partial charge in [0.2, 0.25) is 0 Å². The fourth-order valence-corrected chi connectivity index (χ4v) is 3.65. The molecule has 28 heavy (non-hydrogen) atoms. The van der Waals surface area contributed by atoms with Gasteiger partial charge in [0.1, 0.15) is 12.4 Å². The molecule has 0 aliphatic heterocycles. The second-order valence-electron chi connectivity index (χ2n) is 7.07. The maximum Gasteiger partial charge on any atom is 0.272 e. The number of nitrogens with one attached hydrogen (secondary N) is 1. The molecule has 2 heterocycles. The molecule has 0 atom stereocenters. The van der Waals surface area contributed by atoms with Gasteiger partial charge in [0, 0.05) is 24.4 Å². The Bertz CT molecular complexity index is 944. The van der Waals surface area contributed by atoms with Gasteiger partial charge in [-0.2, -0.15) is 5.10 Å². The molecule has 146 valence electrons. The van der Waals surface area contributed by atoms with E-state index in [9.17, 15) is 4.79 Å². The Morgan fingerprint density at radius 3 is 2.96 bits per heavy atom. The standard InChI is InChI=1S/C22H25N3O3/c1-16-7-2-3-10-19(16)25-20-11-4-9-18(20)21(24-25)22(26)23-12-6-13-27-15-17-8-5-14-28-17/h2-3,5,7-8,10,14H,4,6,9,11-13,15H2,1H3,(H,23,26). The molecule has 0 saturated heterocycles. The van der Waals surface area contributed by atoms with Crippen LogP contribution in [0.4, 0.5) is 0 Å². The molecular weight excluding hydrogens is 354 g/mol. The molecule has 0 spiro atoms. The van der Waals surface area contributed by atoms with E-state index < -0.39 is 0 Å². The van der Waals surface area contributed by atoms with E-state index in [0.717, 1.165) is 48.3 Å². The molecule has 1 aliphatic rings. The monoisotopic (exact) mass is 379 g/mol. The van der Waals surface area contributed by atoms with Crippen LogP contribution in [-0.4, -0.2) is 28.8 Å². The van der Waals surface area contributed by atoms with E-state index in [-0.39, 0.29) is 5.91 Å². The summed E-state index contributed by atoms with van der Waals surface area (Å²) in [6.07, 6.45) is 5.32. The number of fused-ring (bicyclic) bond motifs is 1. The number of aromatic nitrogens is 2. The van der Waals surface area contributed by atoms with Gasteiger partial charge in [0.15, 0.2) is 5.69 Å². The number of hydrogen-bond acceptors (Lipinski definition) is 4. The SMILES string of the molecule is Cc1ccccc1-n1nc(C(=O)NCCCOCc2ccco2)c2c1CCC2. The van der Waals surface area contributed by atoms with Crippen LogP contribution in [0.15, 0.2) is 47.1 Å². The fraction of sp³-hybridized carbons (Fsp3) is 0.364. The number of nitrogens with zero attached hydrogens (tertiary/aromatic N) is 2. The molecule has 0 bridgehead atoms. The predicted octanol–water partition coefficient (Wildman–Crippen LogP) is 3.60. The molecule has 3 aromatic rings. The third-order valence-electron chi connectivity index (χ3n) is 5.06. The van der Waals surface area contributed by atoms with E-state index in [0.29, 0.717) is 25.5 Å². The molecule has 0 radical (unpaired) electrons. The number of aryl methyl sites for hydroxylation is 1. The van der Waals surface area contributed by atoms with Crippen LogP contribution in [0.1, 0.15) is 45.9 Å². The predicted molar refractivity (Wildman–Crippen MR) is 106 cm³/mol. The van der Waals surface area contributed by atoms with Crippen molar-refractivity contribution >= 4 is 5.91 Å². The molecule has 6 heteroatoms. The van der Waals surface area contributed by atoms with Crippen molar-refractivity contribution in [1.29, 1.82) is 0 Å². The Morgan fingerprint density at radius 2 is 2.14 bits per heavy atom. The van der Waals surface area contributed by atoms with E-state index >= 15 is 0 Å². The smallest absolute Gasteiger partial charge is 0.272 e. The maximum absolute atomic E-state index is 12.7. The number of furan rings is 1. The van der Waals surface area contributed by atoms with Gasteiger partial charge in [-0.15, -0.1) is 0 Å². The lowest BCUT2D eigenvalue weighted by atomic mass is 10.2. The van der Waals surface area contributed by atoms with Gasteiger partial charge in [0.05, 0.1) is 12.0 Å². The second kappa shape index (κ2) is 8.44.